The summed E-state index contributed by atoms with van der Waals surface area (Å²) in [6.45, 7) is 7.30. The fraction of sp³-hybridized carbons (Fsp3) is 0.583. The molecule has 0 atom stereocenters. The topological polar surface area (TPSA) is 68.0 Å². The van der Waals surface area contributed by atoms with E-state index < -0.39 is 11.7 Å². The molecule has 6 heteroatoms. The third-order valence-corrected chi connectivity index (χ3v) is 2.14. The highest BCUT2D eigenvalue weighted by Crippen LogP contribution is 2.12. The van der Waals surface area contributed by atoms with Gasteiger partial charge < -0.3 is 14.5 Å². The number of ether oxygens (including phenoxy) is 1. The van der Waals surface area contributed by atoms with Gasteiger partial charge in [0.1, 0.15) is 5.60 Å². The fourth-order valence-corrected chi connectivity index (χ4v) is 1.34. The smallest absolute Gasteiger partial charge is 0.418 e. The van der Waals surface area contributed by atoms with Gasteiger partial charge in [0.25, 0.3) is 0 Å². The van der Waals surface area contributed by atoms with Crippen molar-refractivity contribution >= 4 is 6.09 Å². The van der Waals surface area contributed by atoms with Crippen LogP contribution in [0.1, 0.15) is 20.8 Å². The number of carbonyl (C=O) groups is 1. The first-order valence-electron chi connectivity index (χ1n) is 5.84. The van der Waals surface area contributed by atoms with Crippen molar-refractivity contribution in [1.82, 2.24) is 9.80 Å². The fourth-order valence-electron chi connectivity index (χ4n) is 1.34. The molecule has 1 heterocycles. The molecule has 0 aromatic carbocycles. The SMILES string of the molecule is CC(C)(C)OC(=O)N1C=CCN(CCON)C=C1. The molecule has 0 bridgehead atoms. The van der Waals surface area contributed by atoms with Gasteiger partial charge >= 0.3 is 6.09 Å². The lowest BCUT2D eigenvalue weighted by Gasteiger charge is -2.22. The van der Waals surface area contributed by atoms with Crippen LogP contribution in [0, 0.1) is 0 Å². The Morgan fingerprint density at radius 3 is 2.67 bits per heavy atom. The van der Waals surface area contributed by atoms with E-state index in [1.54, 1.807) is 12.4 Å². The molecular formula is C12H21N3O3. The molecule has 0 saturated heterocycles. The number of hydrogen-bond donors (Lipinski definition) is 1. The minimum Gasteiger partial charge on any atom is -0.443 e. The quantitative estimate of drug-likeness (QED) is 0.772. The van der Waals surface area contributed by atoms with Crippen LogP contribution >= 0.6 is 0 Å². The maximum Gasteiger partial charge on any atom is 0.418 e. The van der Waals surface area contributed by atoms with E-state index in [9.17, 15) is 4.79 Å². The highest BCUT2D eigenvalue weighted by Gasteiger charge is 2.20. The normalized spacial score (nSPS) is 15.8. The Balaban J connectivity index is 2.56. The second-order valence-electron chi connectivity index (χ2n) is 4.94. The Hall–Kier alpha value is -1.53. The van der Waals surface area contributed by atoms with Crippen LogP contribution in [0.15, 0.2) is 24.7 Å². The monoisotopic (exact) mass is 255 g/mol. The summed E-state index contributed by atoms with van der Waals surface area (Å²) in [6, 6.07) is 0. The van der Waals surface area contributed by atoms with Crippen molar-refractivity contribution in [2.75, 3.05) is 19.7 Å². The van der Waals surface area contributed by atoms with Crippen LogP contribution in [-0.2, 0) is 9.57 Å². The van der Waals surface area contributed by atoms with Crippen LogP contribution in [0.5, 0.6) is 0 Å². The molecule has 0 aromatic heterocycles. The molecule has 0 aromatic rings. The van der Waals surface area contributed by atoms with Crippen molar-refractivity contribution in [3.05, 3.63) is 24.7 Å². The van der Waals surface area contributed by atoms with E-state index in [4.69, 9.17) is 10.6 Å². The van der Waals surface area contributed by atoms with E-state index in [0.717, 1.165) is 0 Å². The van der Waals surface area contributed by atoms with Gasteiger partial charge in [-0.3, -0.25) is 4.90 Å². The Morgan fingerprint density at radius 1 is 1.33 bits per heavy atom. The van der Waals surface area contributed by atoms with Gasteiger partial charge in [0.2, 0.25) is 0 Å². The van der Waals surface area contributed by atoms with Crippen molar-refractivity contribution in [2.45, 2.75) is 26.4 Å². The number of hydrogen-bond acceptors (Lipinski definition) is 5. The van der Waals surface area contributed by atoms with Gasteiger partial charge in [0.15, 0.2) is 0 Å². The molecule has 0 radical (unpaired) electrons. The molecule has 0 saturated carbocycles. The van der Waals surface area contributed by atoms with E-state index in [0.29, 0.717) is 19.7 Å². The molecule has 102 valence electrons. The highest BCUT2D eigenvalue weighted by atomic mass is 16.6. The molecule has 18 heavy (non-hydrogen) atoms. The van der Waals surface area contributed by atoms with Gasteiger partial charge in [-0.05, 0) is 26.8 Å². The van der Waals surface area contributed by atoms with Crippen LogP contribution in [0.25, 0.3) is 0 Å². The first-order valence-corrected chi connectivity index (χ1v) is 5.84. The van der Waals surface area contributed by atoms with E-state index in [1.807, 2.05) is 37.9 Å². The second-order valence-corrected chi connectivity index (χ2v) is 4.94. The van der Waals surface area contributed by atoms with Gasteiger partial charge in [-0.25, -0.2) is 10.7 Å². The van der Waals surface area contributed by atoms with Crippen molar-refractivity contribution in [3.63, 3.8) is 0 Å². The van der Waals surface area contributed by atoms with Crippen molar-refractivity contribution < 1.29 is 14.4 Å². The number of amides is 1. The summed E-state index contributed by atoms with van der Waals surface area (Å²) < 4.78 is 5.27. The third-order valence-electron chi connectivity index (χ3n) is 2.14. The number of rotatable bonds is 3. The zero-order valence-electron chi connectivity index (χ0n) is 11.1. The van der Waals surface area contributed by atoms with Gasteiger partial charge in [0, 0.05) is 31.7 Å². The molecule has 1 rings (SSSR count). The van der Waals surface area contributed by atoms with Gasteiger partial charge in [-0.1, -0.05) is 0 Å². The Morgan fingerprint density at radius 2 is 2.06 bits per heavy atom. The molecule has 0 fully saturated rings. The zero-order valence-corrected chi connectivity index (χ0v) is 11.1. The van der Waals surface area contributed by atoms with Crippen LogP contribution in [0.4, 0.5) is 4.79 Å². The standard InChI is InChI=1S/C12H21N3O3/c1-12(2,3)18-11(16)15-6-4-5-14(7-8-15)9-10-17-13/h4,6-8H,5,9-10,13H2,1-3H3. The summed E-state index contributed by atoms with van der Waals surface area (Å²) in [7, 11) is 0. The maximum absolute atomic E-state index is 11.8. The Bertz CT molecular complexity index is 334. The second kappa shape index (κ2) is 6.42. The average Bonchev–Trinajstić information content (AvgIpc) is 2.49. The summed E-state index contributed by atoms with van der Waals surface area (Å²) in [4.78, 5) is 19.7. The lowest BCUT2D eigenvalue weighted by atomic mass is 10.2. The van der Waals surface area contributed by atoms with Gasteiger partial charge in [0.05, 0.1) is 6.61 Å². The largest absolute Gasteiger partial charge is 0.443 e. The molecule has 0 spiro atoms. The Kier molecular flexibility index (Phi) is 5.18. The van der Waals surface area contributed by atoms with E-state index in [1.165, 1.54) is 4.90 Å². The average molecular weight is 255 g/mol. The van der Waals surface area contributed by atoms with Gasteiger partial charge in [-0.2, -0.15) is 0 Å². The lowest BCUT2D eigenvalue weighted by Crippen LogP contribution is -2.30. The molecule has 0 unspecified atom stereocenters. The van der Waals surface area contributed by atoms with Crippen LogP contribution < -0.4 is 5.90 Å². The predicted molar refractivity (Wildman–Crippen MR) is 68.1 cm³/mol. The summed E-state index contributed by atoms with van der Waals surface area (Å²) in [5.41, 5.74) is -0.502. The first-order chi connectivity index (χ1) is 8.42. The first kappa shape index (κ1) is 14.5. The highest BCUT2D eigenvalue weighted by molar-refractivity contribution is 5.70. The van der Waals surface area contributed by atoms with Crippen molar-refractivity contribution in [1.29, 1.82) is 0 Å². The van der Waals surface area contributed by atoms with Gasteiger partial charge in [-0.15, -0.1) is 0 Å². The minimum absolute atomic E-state index is 0.396. The summed E-state index contributed by atoms with van der Waals surface area (Å²) in [5, 5.41) is 0. The zero-order chi connectivity index (χ0) is 13.6. The van der Waals surface area contributed by atoms with Crippen molar-refractivity contribution in [2.24, 2.45) is 5.90 Å². The van der Waals surface area contributed by atoms with Crippen LogP contribution in [-0.4, -0.2) is 41.2 Å². The van der Waals surface area contributed by atoms with E-state index >= 15 is 0 Å². The molecule has 1 aliphatic rings. The van der Waals surface area contributed by atoms with E-state index in [-0.39, 0.29) is 0 Å². The summed E-state index contributed by atoms with van der Waals surface area (Å²) >= 11 is 0. The van der Waals surface area contributed by atoms with Crippen LogP contribution in [0.3, 0.4) is 0 Å². The molecule has 6 nitrogen and oxygen atoms in total. The molecular weight excluding hydrogens is 234 g/mol. The molecule has 0 aliphatic carbocycles. The number of nitrogens with zero attached hydrogens (tertiary/aromatic N) is 2. The third kappa shape index (κ3) is 5.20. The lowest BCUT2D eigenvalue weighted by molar-refractivity contribution is 0.0399. The molecule has 2 N–H and O–H groups in total. The van der Waals surface area contributed by atoms with Crippen molar-refractivity contribution in [3.8, 4) is 0 Å². The number of carbonyl (C=O) groups excluding carboxylic acids is 1. The minimum atomic E-state index is -0.502. The predicted octanol–water partition coefficient (Wildman–Crippen LogP) is 1.41. The summed E-state index contributed by atoms with van der Waals surface area (Å²) in [6.07, 6.45) is 6.64. The van der Waals surface area contributed by atoms with Crippen LogP contribution in [0.2, 0.25) is 0 Å². The number of nitrogens with two attached hydrogens (primary N) is 1. The molecule has 1 aliphatic heterocycles. The Labute approximate surface area is 108 Å². The van der Waals surface area contributed by atoms with E-state index in [2.05, 4.69) is 4.84 Å². The summed E-state index contributed by atoms with van der Waals surface area (Å²) in [5.74, 6) is 4.98. The maximum atomic E-state index is 11.8. The molecule has 1 amide bonds.